The molecule has 30 heavy (non-hydrogen) atoms. The molecule has 0 amide bonds. The zero-order valence-electron chi connectivity index (χ0n) is 18.6. The van der Waals surface area contributed by atoms with Crippen LogP contribution in [-0.4, -0.2) is 62.3 Å². The number of likely N-dealkylation sites (tertiary alicyclic amines) is 1. The second-order valence-corrected chi connectivity index (χ2v) is 8.67. The van der Waals surface area contributed by atoms with Gasteiger partial charge in [0.25, 0.3) is 0 Å². The van der Waals surface area contributed by atoms with Crippen molar-refractivity contribution in [1.82, 2.24) is 15.5 Å². The molecule has 5 nitrogen and oxygen atoms in total. The van der Waals surface area contributed by atoms with Gasteiger partial charge in [0, 0.05) is 37.6 Å². The Labute approximate surface area is 198 Å². The van der Waals surface area contributed by atoms with Gasteiger partial charge in [0.15, 0.2) is 5.96 Å². The van der Waals surface area contributed by atoms with Gasteiger partial charge in [0.05, 0.1) is 19.3 Å². The quantitative estimate of drug-likeness (QED) is 0.288. The van der Waals surface area contributed by atoms with Crippen LogP contribution in [-0.2, 0) is 10.2 Å². The van der Waals surface area contributed by atoms with Crippen LogP contribution in [0.2, 0.25) is 0 Å². The average molecular weight is 532 g/mol. The van der Waals surface area contributed by atoms with Gasteiger partial charge in [-0.15, -0.1) is 24.0 Å². The van der Waals surface area contributed by atoms with Crippen molar-refractivity contribution in [2.24, 2.45) is 4.99 Å². The maximum atomic E-state index is 13.6. The zero-order valence-corrected chi connectivity index (χ0v) is 21.0. The highest BCUT2D eigenvalue weighted by Gasteiger charge is 2.44. The number of benzene rings is 1. The summed E-state index contributed by atoms with van der Waals surface area (Å²) in [5.41, 5.74) is 1.10. The van der Waals surface area contributed by atoms with E-state index in [4.69, 9.17) is 9.73 Å². The summed E-state index contributed by atoms with van der Waals surface area (Å²) in [6.07, 6.45) is 4.68. The van der Waals surface area contributed by atoms with Crippen LogP contribution in [0.4, 0.5) is 4.39 Å². The summed E-state index contributed by atoms with van der Waals surface area (Å²) in [7, 11) is 0. The van der Waals surface area contributed by atoms with Crippen molar-refractivity contribution < 1.29 is 9.13 Å². The number of halogens is 2. The van der Waals surface area contributed by atoms with Crippen LogP contribution in [0.1, 0.15) is 52.0 Å². The molecular formula is C23H38FIN4O. The van der Waals surface area contributed by atoms with E-state index in [1.165, 1.54) is 6.07 Å². The van der Waals surface area contributed by atoms with Gasteiger partial charge < -0.3 is 20.3 Å². The van der Waals surface area contributed by atoms with Crippen molar-refractivity contribution in [3.63, 3.8) is 0 Å². The van der Waals surface area contributed by atoms with Crippen molar-refractivity contribution in [3.05, 3.63) is 35.6 Å². The van der Waals surface area contributed by atoms with E-state index in [1.54, 1.807) is 12.1 Å². The average Bonchev–Trinajstić information content (AvgIpc) is 3.49. The molecule has 0 atom stereocenters. The molecule has 170 valence electrons. The molecule has 1 saturated carbocycles. The lowest BCUT2D eigenvalue weighted by Crippen LogP contribution is -2.49. The first-order valence-electron chi connectivity index (χ1n) is 11.2. The van der Waals surface area contributed by atoms with Crippen LogP contribution in [0.15, 0.2) is 29.3 Å². The minimum atomic E-state index is -0.159. The Balaban J connectivity index is 0.00000320. The molecular weight excluding hydrogens is 494 g/mol. The summed E-state index contributed by atoms with van der Waals surface area (Å²) in [4.78, 5) is 7.35. The summed E-state index contributed by atoms with van der Waals surface area (Å²) in [5.74, 6) is 0.727. The maximum Gasteiger partial charge on any atom is 0.191 e. The van der Waals surface area contributed by atoms with Crippen LogP contribution in [0.25, 0.3) is 0 Å². The molecule has 0 aromatic heterocycles. The zero-order chi connectivity index (χ0) is 20.7. The van der Waals surface area contributed by atoms with E-state index in [2.05, 4.69) is 36.3 Å². The van der Waals surface area contributed by atoms with Gasteiger partial charge in [-0.05, 0) is 64.2 Å². The van der Waals surface area contributed by atoms with Gasteiger partial charge in [-0.1, -0.05) is 12.1 Å². The summed E-state index contributed by atoms with van der Waals surface area (Å²) in [6.45, 7) is 11.8. The first-order chi connectivity index (χ1) is 14.0. The predicted octanol–water partition coefficient (Wildman–Crippen LogP) is 3.92. The van der Waals surface area contributed by atoms with Crippen LogP contribution in [0.3, 0.4) is 0 Å². The molecule has 0 spiro atoms. The van der Waals surface area contributed by atoms with Crippen LogP contribution in [0, 0.1) is 5.82 Å². The molecule has 2 fully saturated rings. The number of hydrogen-bond donors (Lipinski definition) is 2. The first-order valence-corrected chi connectivity index (χ1v) is 11.2. The van der Waals surface area contributed by atoms with Crippen molar-refractivity contribution in [2.75, 3.05) is 39.3 Å². The maximum absolute atomic E-state index is 13.6. The largest absolute Gasteiger partial charge is 0.377 e. The Morgan fingerprint density at radius 1 is 1.30 bits per heavy atom. The number of piperidine rings is 1. The fraction of sp³-hybridized carbons (Fsp3) is 0.696. The molecule has 0 bridgehead atoms. The number of guanidine groups is 1. The molecule has 1 aliphatic heterocycles. The fourth-order valence-electron chi connectivity index (χ4n) is 3.97. The fourth-order valence-corrected chi connectivity index (χ4v) is 3.97. The molecule has 1 aromatic rings. The van der Waals surface area contributed by atoms with E-state index < -0.39 is 0 Å². The number of ether oxygens (including phenoxy) is 1. The smallest absolute Gasteiger partial charge is 0.191 e. The lowest BCUT2D eigenvalue weighted by atomic mass is 9.96. The van der Waals surface area contributed by atoms with Crippen molar-refractivity contribution >= 4 is 29.9 Å². The van der Waals surface area contributed by atoms with Gasteiger partial charge in [-0.3, -0.25) is 4.99 Å². The molecule has 7 heteroatoms. The van der Waals surface area contributed by atoms with Gasteiger partial charge >= 0.3 is 0 Å². The minimum absolute atomic E-state index is 0. The third-order valence-electron chi connectivity index (χ3n) is 5.96. The highest BCUT2D eigenvalue weighted by atomic mass is 127. The van der Waals surface area contributed by atoms with Crippen LogP contribution in [0.5, 0.6) is 0 Å². The van der Waals surface area contributed by atoms with E-state index in [1.807, 2.05) is 6.07 Å². The summed E-state index contributed by atoms with van der Waals surface area (Å²) in [5, 5.41) is 7.00. The third kappa shape index (κ3) is 7.64. The first kappa shape index (κ1) is 25.3. The van der Waals surface area contributed by atoms with Gasteiger partial charge in [0.2, 0.25) is 0 Å². The summed E-state index contributed by atoms with van der Waals surface area (Å²) in [6, 6.07) is 7.46. The van der Waals surface area contributed by atoms with Crippen molar-refractivity contribution in [2.45, 2.75) is 64.0 Å². The lowest BCUT2D eigenvalue weighted by molar-refractivity contribution is 0.0532. The molecule has 0 radical (unpaired) electrons. The van der Waals surface area contributed by atoms with E-state index >= 15 is 0 Å². The second kappa shape index (κ2) is 12.2. The number of hydrogen-bond acceptors (Lipinski definition) is 3. The molecule has 2 aliphatic rings. The molecule has 1 saturated heterocycles. The Morgan fingerprint density at radius 2 is 2.03 bits per heavy atom. The SMILES string of the molecule is CCNC(=NCC1(c2cccc(F)c2)CC1)NC1CCN(CCOC(C)C)CC1.I. The Hall–Kier alpha value is -0.930. The summed E-state index contributed by atoms with van der Waals surface area (Å²) >= 11 is 0. The standard InChI is InChI=1S/C23H37FN4O.HI/c1-4-25-22(26-17-23(10-11-23)19-6-5-7-20(24)16-19)27-21-8-12-28(13-9-21)14-15-29-18(2)3;/h5-7,16,18,21H,4,8-15,17H2,1-3H3,(H2,25,26,27);1H. The number of aliphatic imine (C=N–C) groups is 1. The van der Waals surface area contributed by atoms with Crippen molar-refractivity contribution in [3.8, 4) is 0 Å². The Morgan fingerprint density at radius 3 is 2.63 bits per heavy atom. The normalized spacial score (nSPS) is 19.4. The Bertz CT molecular complexity index is 673. The van der Waals surface area contributed by atoms with Gasteiger partial charge in [0.1, 0.15) is 5.82 Å². The number of nitrogens with one attached hydrogen (secondary N) is 2. The number of nitrogens with zero attached hydrogens (tertiary/aromatic N) is 2. The van der Waals surface area contributed by atoms with Crippen LogP contribution >= 0.6 is 24.0 Å². The monoisotopic (exact) mass is 532 g/mol. The predicted molar refractivity (Wildman–Crippen MR) is 132 cm³/mol. The Kier molecular flexibility index (Phi) is 10.3. The summed E-state index contributed by atoms with van der Waals surface area (Å²) < 4.78 is 19.3. The highest BCUT2D eigenvalue weighted by Crippen LogP contribution is 2.48. The van der Waals surface area contributed by atoms with Crippen LogP contribution < -0.4 is 10.6 Å². The van der Waals surface area contributed by atoms with Crippen molar-refractivity contribution in [1.29, 1.82) is 0 Å². The van der Waals surface area contributed by atoms with Gasteiger partial charge in [-0.2, -0.15) is 0 Å². The van der Waals surface area contributed by atoms with E-state index in [0.29, 0.717) is 18.7 Å². The topological polar surface area (TPSA) is 48.9 Å². The molecule has 3 rings (SSSR count). The highest BCUT2D eigenvalue weighted by molar-refractivity contribution is 14.0. The van der Waals surface area contributed by atoms with E-state index in [-0.39, 0.29) is 35.2 Å². The molecule has 2 N–H and O–H groups in total. The third-order valence-corrected chi connectivity index (χ3v) is 5.96. The molecule has 0 unspecified atom stereocenters. The number of rotatable bonds is 9. The molecule has 1 aliphatic carbocycles. The second-order valence-electron chi connectivity index (χ2n) is 8.67. The van der Waals surface area contributed by atoms with Gasteiger partial charge in [-0.25, -0.2) is 4.39 Å². The lowest BCUT2D eigenvalue weighted by Gasteiger charge is -2.33. The minimum Gasteiger partial charge on any atom is -0.377 e. The van der Waals surface area contributed by atoms with E-state index in [0.717, 1.165) is 70.0 Å². The molecule has 1 aromatic carbocycles. The van der Waals surface area contributed by atoms with E-state index in [9.17, 15) is 4.39 Å². The molecule has 1 heterocycles.